The maximum atomic E-state index is 13.4. The number of nitrogens with one attached hydrogen (secondary N) is 2. The molecule has 1 aromatic carbocycles. The molecule has 2 aliphatic rings. The Morgan fingerprint density at radius 3 is 2.75 bits per heavy atom. The van der Waals surface area contributed by atoms with E-state index in [1.807, 2.05) is 0 Å². The zero-order valence-electron chi connectivity index (χ0n) is 15.2. The average molecular weight is 395 g/mol. The van der Waals surface area contributed by atoms with Gasteiger partial charge in [-0.25, -0.2) is 0 Å². The van der Waals surface area contributed by atoms with Crippen LogP contribution in [0, 0.1) is 0 Å². The van der Waals surface area contributed by atoms with Crippen LogP contribution in [0.4, 0.5) is 18.9 Å². The number of aromatic nitrogens is 2. The Bertz CT molecular complexity index is 939. The summed E-state index contributed by atoms with van der Waals surface area (Å²) >= 11 is 0. The Morgan fingerprint density at radius 2 is 2.04 bits per heavy atom. The Balaban J connectivity index is 1.71. The fourth-order valence-electron chi connectivity index (χ4n) is 3.97. The molecule has 0 aliphatic carbocycles. The van der Waals surface area contributed by atoms with Gasteiger partial charge in [-0.15, -0.1) is 0 Å². The predicted molar refractivity (Wildman–Crippen MR) is 95.9 cm³/mol. The molecule has 0 radical (unpaired) electrons. The Labute approximate surface area is 158 Å². The molecule has 2 aromatic rings. The van der Waals surface area contributed by atoms with Crippen LogP contribution in [0.5, 0.6) is 0 Å². The van der Waals surface area contributed by atoms with E-state index in [2.05, 4.69) is 15.7 Å². The zero-order chi connectivity index (χ0) is 20.1. The minimum absolute atomic E-state index is 0.158. The van der Waals surface area contributed by atoms with Crippen LogP contribution in [-0.2, 0) is 16.6 Å². The van der Waals surface area contributed by atoms with Gasteiger partial charge in [-0.05, 0) is 24.6 Å². The molecule has 7 nitrogen and oxygen atoms in total. The second-order valence-electron chi connectivity index (χ2n) is 7.17. The third-order valence-electron chi connectivity index (χ3n) is 5.39. The lowest BCUT2D eigenvalue weighted by Crippen LogP contribution is -2.58. The van der Waals surface area contributed by atoms with Crippen LogP contribution in [0.1, 0.15) is 24.5 Å². The number of hydrogen-bond donors (Lipinski definition) is 2. The Morgan fingerprint density at radius 1 is 1.25 bits per heavy atom. The number of rotatable bonds is 2. The van der Waals surface area contributed by atoms with Crippen LogP contribution in [0.15, 0.2) is 18.2 Å². The van der Waals surface area contributed by atoms with E-state index in [0.717, 1.165) is 0 Å². The molecule has 0 spiro atoms. The summed E-state index contributed by atoms with van der Waals surface area (Å²) in [5, 5.41) is 10.3. The second-order valence-corrected chi connectivity index (χ2v) is 7.17. The number of anilines is 1. The number of benzene rings is 1. The molecule has 3 heterocycles. The van der Waals surface area contributed by atoms with Crippen LogP contribution in [-0.4, -0.2) is 53.4 Å². The van der Waals surface area contributed by atoms with Gasteiger partial charge < -0.3 is 10.2 Å². The summed E-state index contributed by atoms with van der Waals surface area (Å²) in [7, 11) is 1.69. The van der Waals surface area contributed by atoms with Crippen LogP contribution < -0.4 is 15.5 Å². The number of imide groups is 1. The van der Waals surface area contributed by atoms with E-state index in [1.54, 1.807) is 29.9 Å². The van der Waals surface area contributed by atoms with Crippen molar-refractivity contribution in [2.75, 3.05) is 24.5 Å². The van der Waals surface area contributed by atoms with Crippen LogP contribution in [0.2, 0.25) is 0 Å². The highest BCUT2D eigenvalue weighted by Crippen LogP contribution is 2.35. The van der Waals surface area contributed by atoms with Crippen molar-refractivity contribution in [3.05, 3.63) is 23.9 Å². The highest BCUT2D eigenvalue weighted by molar-refractivity contribution is 6.02. The maximum absolute atomic E-state index is 13.4. The number of fused-ring (bicyclic) bond motifs is 1. The van der Waals surface area contributed by atoms with Gasteiger partial charge in [0.25, 0.3) is 0 Å². The summed E-state index contributed by atoms with van der Waals surface area (Å²) in [6.45, 7) is 0.555. The van der Waals surface area contributed by atoms with E-state index in [0.29, 0.717) is 35.2 Å². The summed E-state index contributed by atoms with van der Waals surface area (Å²) in [6, 6.07) is 3.44. The standard InChI is InChI=1S/C18H20F3N5O2/c1-25-13-8-10(26-7-6-22-9-14(26)18(19,20)21)2-3-11(13)16(24-25)12-4-5-15(27)23-17(12)28/h2-3,8,12,14,22H,4-7,9H2,1H3,(H,23,27,28)/t12?,14-/m1/s1. The summed E-state index contributed by atoms with van der Waals surface area (Å²) in [5.41, 5.74) is 1.66. The number of nitrogens with zero attached hydrogens (tertiary/aromatic N) is 3. The number of carbonyl (C=O) groups excluding carboxylic acids is 2. The van der Waals surface area contributed by atoms with E-state index in [9.17, 15) is 22.8 Å². The Kier molecular flexibility index (Phi) is 4.53. The van der Waals surface area contributed by atoms with Gasteiger partial charge in [0.1, 0.15) is 6.04 Å². The number of hydrogen-bond acceptors (Lipinski definition) is 5. The first-order chi connectivity index (χ1) is 13.3. The molecule has 0 saturated carbocycles. The van der Waals surface area contributed by atoms with Crippen molar-refractivity contribution in [1.29, 1.82) is 0 Å². The monoisotopic (exact) mass is 395 g/mol. The fourth-order valence-corrected chi connectivity index (χ4v) is 3.97. The molecule has 2 saturated heterocycles. The van der Waals surface area contributed by atoms with Crippen molar-refractivity contribution in [2.24, 2.45) is 7.05 Å². The van der Waals surface area contributed by atoms with E-state index >= 15 is 0 Å². The number of carbonyl (C=O) groups is 2. The lowest BCUT2D eigenvalue weighted by atomic mass is 9.92. The van der Waals surface area contributed by atoms with Gasteiger partial charge in [0.2, 0.25) is 11.8 Å². The van der Waals surface area contributed by atoms with E-state index < -0.39 is 18.1 Å². The van der Waals surface area contributed by atoms with Crippen LogP contribution in [0.25, 0.3) is 10.9 Å². The van der Waals surface area contributed by atoms with Crippen LogP contribution >= 0.6 is 0 Å². The topological polar surface area (TPSA) is 79.3 Å². The first-order valence-electron chi connectivity index (χ1n) is 9.10. The molecule has 10 heteroatoms. The SMILES string of the molecule is Cn1nc(C2CCC(=O)NC2=O)c2ccc(N3CCNC[C@@H]3C(F)(F)F)cc21. The first kappa shape index (κ1) is 18.7. The lowest BCUT2D eigenvalue weighted by molar-refractivity contribution is -0.149. The van der Waals surface area contributed by atoms with Crippen molar-refractivity contribution >= 4 is 28.4 Å². The van der Waals surface area contributed by atoms with Gasteiger partial charge in [-0.2, -0.15) is 18.3 Å². The van der Waals surface area contributed by atoms with Gasteiger partial charge in [0.05, 0.1) is 17.1 Å². The molecule has 1 aromatic heterocycles. The highest BCUT2D eigenvalue weighted by atomic mass is 19.4. The first-order valence-corrected chi connectivity index (χ1v) is 9.10. The van der Waals surface area contributed by atoms with Crippen molar-refractivity contribution in [3.63, 3.8) is 0 Å². The minimum Gasteiger partial charge on any atom is -0.357 e. The molecule has 2 aliphatic heterocycles. The summed E-state index contributed by atoms with van der Waals surface area (Å²) in [5.74, 6) is -1.24. The maximum Gasteiger partial charge on any atom is 0.409 e. The summed E-state index contributed by atoms with van der Waals surface area (Å²) in [6.07, 6.45) is -3.74. The molecule has 2 amide bonds. The number of piperidine rings is 1. The molecule has 4 rings (SSSR count). The summed E-state index contributed by atoms with van der Waals surface area (Å²) in [4.78, 5) is 25.0. The highest BCUT2D eigenvalue weighted by Gasteiger charge is 2.45. The lowest BCUT2D eigenvalue weighted by Gasteiger charge is -2.38. The molecule has 28 heavy (non-hydrogen) atoms. The number of amides is 2. The molecule has 2 fully saturated rings. The van der Waals surface area contributed by atoms with E-state index in [-0.39, 0.29) is 31.3 Å². The molecular formula is C18H20F3N5O2. The molecule has 1 unspecified atom stereocenters. The molecular weight excluding hydrogens is 375 g/mol. The van der Waals surface area contributed by atoms with E-state index in [1.165, 1.54) is 4.90 Å². The smallest absolute Gasteiger partial charge is 0.357 e. The van der Waals surface area contributed by atoms with Crippen LogP contribution in [0.3, 0.4) is 0 Å². The number of aryl methyl sites for hydroxylation is 1. The Hall–Kier alpha value is -2.62. The minimum atomic E-state index is -4.34. The molecule has 0 bridgehead atoms. The van der Waals surface area contributed by atoms with Crippen molar-refractivity contribution in [3.8, 4) is 0 Å². The van der Waals surface area contributed by atoms with E-state index in [4.69, 9.17) is 0 Å². The number of alkyl halides is 3. The van der Waals surface area contributed by atoms with Crippen molar-refractivity contribution in [2.45, 2.75) is 31.0 Å². The molecule has 2 N–H and O–H groups in total. The fraction of sp³-hybridized carbons (Fsp3) is 0.500. The van der Waals surface area contributed by atoms with Gasteiger partial charge in [0, 0.05) is 44.2 Å². The van der Waals surface area contributed by atoms with Crippen molar-refractivity contribution < 1.29 is 22.8 Å². The van der Waals surface area contributed by atoms with Gasteiger partial charge in [-0.3, -0.25) is 19.6 Å². The molecule has 2 atom stereocenters. The van der Waals surface area contributed by atoms with Gasteiger partial charge in [-0.1, -0.05) is 0 Å². The quantitative estimate of drug-likeness (QED) is 0.753. The second kappa shape index (κ2) is 6.77. The summed E-state index contributed by atoms with van der Waals surface area (Å²) < 4.78 is 41.8. The van der Waals surface area contributed by atoms with Gasteiger partial charge >= 0.3 is 6.18 Å². The largest absolute Gasteiger partial charge is 0.409 e. The average Bonchev–Trinajstić information content (AvgIpc) is 2.97. The normalized spacial score (nSPS) is 23.9. The van der Waals surface area contributed by atoms with Crippen molar-refractivity contribution in [1.82, 2.24) is 20.4 Å². The predicted octanol–water partition coefficient (Wildman–Crippen LogP) is 1.43. The van der Waals surface area contributed by atoms with Gasteiger partial charge in [0.15, 0.2) is 0 Å². The third-order valence-corrected chi connectivity index (χ3v) is 5.39. The zero-order valence-corrected chi connectivity index (χ0v) is 15.2. The third kappa shape index (κ3) is 3.21. The number of piperazine rings is 1. The molecule has 150 valence electrons. The number of halogens is 3.